The normalized spacial score (nSPS) is 24.9. The predicted molar refractivity (Wildman–Crippen MR) is 36.4 cm³/mol. The Morgan fingerprint density at radius 2 is 1.82 bits per heavy atom. The van der Waals surface area contributed by atoms with Crippen molar-refractivity contribution in [3.05, 3.63) is 10.1 Å². The molecule has 0 bridgehead atoms. The smallest absolute Gasteiger partial charge is 0.213 e. The molecule has 0 atom stereocenters. The summed E-state index contributed by atoms with van der Waals surface area (Å²) in [5.74, 6) is -1.66. The molecule has 0 amide bonds. The Morgan fingerprint density at radius 3 is 2.18 bits per heavy atom. The highest BCUT2D eigenvalue weighted by Crippen LogP contribution is 2.26. The van der Waals surface area contributed by atoms with E-state index in [0.29, 0.717) is 0 Å². The van der Waals surface area contributed by atoms with Crippen molar-refractivity contribution in [2.75, 3.05) is 0 Å². The standard InChI is InChI=1S/C6H11NO4/c8-6(9)3-1-5(2-4-6)7(10)11/h5,8-9H,1-4H2. The van der Waals surface area contributed by atoms with Crippen LogP contribution in [0.5, 0.6) is 0 Å². The zero-order valence-electron chi connectivity index (χ0n) is 6.06. The van der Waals surface area contributed by atoms with Crippen molar-refractivity contribution in [3.8, 4) is 0 Å². The number of aliphatic hydroxyl groups is 2. The largest absolute Gasteiger partial charge is 0.366 e. The number of hydrogen-bond donors (Lipinski definition) is 2. The minimum atomic E-state index is -1.66. The predicted octanol–water partition coefficient (Wildman–Crippen LogP) is -0.113. The van der Waals surface area contributed by atoms with E-state index in [1.807, 2.05) is 0 Å². The van der Waals surface area contributed by atoms with Crippen LogP contribution in [0.2, 0.25) is 0 Å². The van der Waals surface area contributed by atoms with Crippen molar-refractivity contribution in [3.63, 3.8) is 0 Å². The second kappa shape index (κ2) is 2.75. The quantitative estimate of drug-likeness (QED) is 0.319. The molecule has 0 unspecified atom stereocenters. The summed E-state index contributed by atoms with van der Waals surface area (Å²) in [6.07, 6.45) is 0.747. The van der Waals surface area contributed by atoms with Crippen LogP contribution in [0.3, 0.4) is 0 Å². The molecule has 1 aliphatic rings. The molecular weight excluding hydrogens is 150 g/mol. The Hall–Kier alpha value is -0.680. The van der Waals surface area contributed by atoms with Gasteiger partial charge in [0.1, 0.15) is 0 Å². The van der Waals surface area contributed by atoms with Gasteiger partial charge in [0.25, 0.3) is 0 Å². The van der Waals surface area contributed by atoms with Crippen LogP contribution in [0.4, 0.5) is 0 Å². The maximum absolute atomic E-state index is 10.2. The van der Waals surface area contributed by atoms with Gasteiger partial charge in [0, 0.05) is 30.6 Å². The number of hydrogen-bond acceptors (Lipinski definition) is 4. The zero-order valence-corrected chi connectivity index (χ0v) is 6.06. The van der Waals surface area contributed by atoms with E-state index in [9.17, 15) is 10.1 Å². The van der Waals surface area contributed by atoms with Gasteiger partial charge in [-0.3, -0.25) is 10.1 Å². The molecule has 1 aliphatic carbocycles. The summed E-state index contributed by atoms with van der Waals surface area (Å²) >= 11 is 0. The van der Waals surface area contributed by atoms with Gasteiger partial charge < -0.3 is 10.2 Å². The van der Waals surface area contributed by atoms with Gasteiger partial charge in [0.05, 0.1) is 0 Å². The maximum atomic E-state index is 10.2. The van der Waals surface area contributed by atoms with Crippen LogP contribution < -0.4 is 0 Å². The van der Waals surface area contributed by atoms with Crippen LogP contribution in [0.25, 0.3) is 0 Å². The summed E-state index contributed by atoms with van der Waals surface area (Å²) in [6, 6.07) is -0.581. The van der Waals surface area contributed by atoms with Crippen LogP contribution in [0.15, 0.2) is 0 Å². The highest BCUT2D eigenvalue weighted by Gasteiger charge is 2.35. The first kappa shape index (κ1) is 8.42. The van der Waals surface area contributed by atoms with Crippen LogP contribution >= 0.6 is 0 Å². The zero-order chi connectivity index (χ0) is 8.48. The van der Waals surface area contributed by atoms with Crippen molar-refractivity contribution in [2.45, 2.75) is 37.5 Å². The minimum Gasteiger partial charge on any atom is -0.366 e. The molecule has 0 radical (unpaired) electrons. The Bertz CT molecular complexity index is 158. The van der Waals surface area contributed by atoms with Gasteiger partial charge in [0.2, 0.25) is 6.04 Å². The lowest BCUT2D eigenvalue weighted by atomic mass is 9.91. The molecule has 1 rings (SSSR count). The summed E-state index contributed by atoms with van der Waals surface area (Å²) in [6.45, 7) is 0. The lowest BCUT2D eigenvalue weighted by molar-refractivity contribution is -0.530. The molecule has 0 aromatic carbocycles. The van der Waals surface area contributed by atoms with Gasteiger partial charge in [-0.2, -0.15) is 0 Å². The summed E-state index contributed by atoms with van der Waals surface area (Å²) in [7, 11) is 0. The number of nitrogens with zero attached hydrogens (tertiary/aromatic N) is 1. The van der Waals surface area contributed by atoms with Gasteiger partial charge in [-0.25, -0.2) is 0 Å². The molecule has 0 spiro atoms. The van der Waals surface area contributed by atoms with E-state index in [2.05, 4.69) is 0 Å². The van der Waals surface area contributed by atoms with Gasteiger partial charge in [-0.1, -0.05) is 0 Å². The monoisotopic (exact) mass is 161 g/mol. The van der Waals surface area contributed by atoms with Gasteiger partial charge in [-0.15, -0.1) is 0 Å². The Balaban J connectivity index is 2.42. The van der Waals surface area contributed by atoms with E-state index >= 15 is 0 Å². The molecule has 1 saturated carbocycles. The molecule has 5 nitrogen and oxygen atoms in total. The molecule has 0 aliphatic heterocycles. The van der Waals surface area contributed by atoms with E-state index in [1.165, 1.54) is 0 Å². The van der Waals surface area contributed by atoms with Crippen LogP contribution in [0.1, 0.15) is 25.7 Å². The third-order valence-corrected chi connectivity index (χ3v) is 2.05. The molecule has 0 saturated heterocycles. The topological polar surface area (TPSA) is 83.6 Å². The first-order valence-electron chi connectivity index (χ1n) is 3.59. The Morgan fingerprint density at radius 1 is 1.36 bits per heavy atom. The molecule has 2 N–H and O–H groups in total. The second-order valence-electron chi connectivity index (χ2n) is 3.00. The van der Waals surface area contributed by atoms with Gasteiger partial charge in [0.15, 0.2) is 5.79 Å². The first-order valence-corrected chi connectivity index (χ1v) is 3.59. The lowest BCUT2D eigenvalue weighted by Gasteiger charge is -2.27. The summed E-state index contributed by atoms with van der Waals surface area (Å²) < 4.78 is 0. The van der Waals surface area contributed by atoms with E-state index in [0.717, 1.165) is 0 Å². The molecule has 11 heavy (non-hydrogen) atoms. The van der Waals surface area contributed by atoms with Crippen molar-refractivity contribution in [1.82, 2.24) is 0 Å². The van der Waals surface area contributed by atoms with E-state index in [1.54, 1.807) is 0 Å². The summed E-state index contributed by atoms with van der Waals surface area (Å²) in [4.78, 5) is 9.86. The molecule has 0 heterocycles. The third-order valence-electron chi connectivity index (χ3n) is 2.05. The van der Waals surface area contributed by atoms with E-state index < -0.39 is 11.8 Å². The second-order valence-corrected chi connectivity index (χ2v) is 3.00. The molecule has 64 valence electrons. The van der Waals surface area contributed by atoms with Crippen molar-refractivity contribution in [1.29, 1.82) is 0 Å². The Labute approximate surface area is 63.8 Å². The molecule has 0 aromatic rings. The highest BCUT2D eigenvalue weighted by atomic mass is 16.6. The maximum Gasteiger partial charge on any atom is 0.213 e. The van der Waals surface area contributed by atoms with Gasteiger partial charge in [-0.05, 0) is 0 Å². The van der Waals surface area contributed by atoms with Crippen LogP contribution in [-0.2, 0) is 0 Å². The number of nitro groups is 1. The van der Waals surface area contributed by atoms with Crippen molar-refractivity contribution >= 4 is 0 Å². The molecule has 0 aromatic heterocycles. The fraction of sp³-hybridized carbons (Fsp3) is 1.00. The Kier molecular flexibility index (Phi) is 2.10. The molecule has 1 fully saturated rings. The highest BCUT2D eigenvalue weighted by molar-refractivity contribution is 4.75. The number of rotatable bonds is 1. The van der Waals surface area contributed by atoms with E-state index in [4.69, 9.17) is 10.2 Å². The third kappa shape index (κ3) is 2.13. The fourth-order valence-corrected chi connectivity index (χ4v) is 1.28. The summed E-state index contributed by atoms with van der Waals surface area (Å²) in [5.41, 5.74) is 0. The summed E-state index contributed by atoms with van der Waals surface area (Å²) in [5, 5.41) is 28.2. The van der Waals surface area contributed by atoms with Crippen LogP contribution in [0, 0.1) is 10.1 Å². The van der Waals surface area contributed by atoms with Gasteiger partial charge >= 0.3 is 0 Å². The average molecular weight is 161 g/mol. The average Bonchev–Trinajstić information content (AvgIpc) is 1.86. The molecule has 5 heteroatoms. The minimum absolute atomic E-state index is 0.110. The SMILES string of the molecule is O=[N+]([O-])C1CCC(O)(O)CC1. The fourth-order valence-electron chi connectivity index (χ4n) is 1.28. The van der Waals surface area contributed by atoms with E-state index in [-0.39, 0.29) is 30.6 Å². The molecular formula is C6H11NO4. The van der Waals surface area contributed by atoms with Crippen LogP contribution in [-0.4, -0.2) is 27.0 Å². The lowest BCUT2D eigenvalue weighted by Crippen LogP contribution is -2.37. The van der Waals surface area contributed by atoms with Crippen molar-refractivity contribution in [2.24, 2.45) is 0 Å². The first-order chi connectivity index (χ1) is 5.01. The van der Waals surface area contributed by atoms with Crippen molar-refractivity contribution < 1.29 is 15.1 Å².